The number of aryl methyl sites for hydroxylation is 3. The van der Waals surface area contributed by atoms with Crippen LogP contribution in [-0.2, 0) is 11.2 Å². The molecule has 1 aromatic carbocycles. The Bertz CT molecular complexity index is 1240. The number of ether oxygens (including phenoxy) is 1. The van der Waals surface area contributed by atoms with Crippen LogP contribution in [0.4, 0.5) is 9.18 Å². The average molecular weight is 456 g/mol. The van der Waals surface area contributed by atoms with Crippen molar-refractivity contribution >= 4 is 6.09 Å². The van der Waals surface area contributed by atoms with E-state index in [0.717, 1.165) is 11.3 Å². The van der Waals surface area contributed by atoms with E-state index in [4.69, 9.17) is 9.84 Å². The molecule has 3 aromatic rings. The molecule has 1 amide bonds. The van der Waals surface area contributed by atoms with Gasteiger partial charge in [0, 0.05) is 24.5 Å². The smallest absolute Gasteiger partial charge is 0.410 e. The van der Waals surface area contributed by atoms with Gasteiger partial charge in [0.05, 0.1) is 17.4 Å². The molecule has 0 radical (unpaired) electrons. The summed E-state index contributed by atoms with van der Waals surface area (Å²) in [5.41, 5.74) is 2.27. The SMILES string of the molecule is Cc1cc(-n2nc3c(c2-n2cc[nH]c2=O)[C@H](C)N(C(=O)OC(C)(C)C)CCC3)cc(C)c1F. The Balaban J connectivity index is 1.92. The van der Waals surface area contributed by atoms with Gasteiger partial charge in [-0.25, -0.2) is 18.7 Å². The molecule has 0 fully saturated rings. The van der Waals surface area contributed by atoms with Crippen LogP contribution in [0.5, 0.6) is 0 Å². The first-order valence-corrected chi connectivity index (χ1v) is 11.1. The minimum Gasteiger partial charge on any atom is -0.444 e. The Morgan fingerprint density at radius 1 is 1.24 bits per heavy atom. The number of imidazole rings is 1. The first-order chi connectivity index (χ1) is 15.5. The van der Waals surface area contributed by atoms with Gasteiger partial charge in [-0.05, 0) is 77.6 Å². The highest BCUT2D eigenvalue weighted by Crippen LogP contribution is 2.35. The standard InChI is InChI=1S/C24H30FN5O3/c1-14-12-17(13-15(2)20(14)25)30-21(29-11-9-26-22(29)31)19-16(3)28(10-7-8-18(19)27-30)23(32)33-24(4,5)6/h9,11-13,16H,7-8,10H2,1-6H3,(H,26,31)/t16-/m0/s1. The molecule has 1 atom stereocenters. The highest BCUT2D eigenvalue weighted by Gasteiger charge is 2.35. The molecule has 0 saturated heterocycles. The van der Waals surface area contributed by atoms with Gasteiger partial charge in [0.15, 0.2) is 0 Å². The molecule has 8 nitrogen and oxygen atoms in total. The van der Waals surface area contributed by atoms with Crippen molar-refractivity contribution in [2.75, 3.05) is 6.54 Å². The van der Waals surface area contributed by atoms with Gasteiger partial charge in [-0.1, -0.05) is 0 Å². The van der Waals surface area contributed by atoms with E-state index in [9.17, 15) is 14.0 Å². The van der Waals surface area contributed by atoms with Crippen molar-refractivity contribution in [2.24, 2.45) is 0 Å². The van der Waals surface area contributed by atoms with Crippen LogP contribution in [0.2, 0.25) is 0 Å². The van der Waals surface area contributed by atoms with E-state index in [1.54, 1.807) is 48.0 Å². The van der Waals surface area contributed by atoms with E-state index in [1.165, 1.54) is 4.57 Å². The quantitative estimate of drug-likeness (QED) is 0.623. The number of carbonyl (C=O) groups excluding carboxylic acids is 1. The number of benzene rings is 1. The van der Waals surface area contributed by atoms with E-state index in [2.05, 4.69) is 4.98 Å². The van der Waals surface area contributed by atoms with Crippen molar-refractivity contribution in [3.63, 3.8) is 0 Å². The third kappa shape index (κ3) is 4.19. The molecule has 33 heavy (non-hydrogen) atoms. The number of nitrogens with zero attached hydrogens (tertiary/aromatic N) is 4. The second-order valence-corrected chi connectivity index (χ2v) is 9.58. The highest BCUT2D eigenvalue weighted by molar-refractivity contribution is 5.69. The van der Waals surface area contributed by atoms with Crippen molar-refractivity contribution in [1.82, 2.24) is 24.2 Å². The Kier molecular flexibility index (Phi) is 5.67. The summed E-state index contributed by atoms with van der Waals surface area (Å²) in [5, 5.41) is 4.85. The lowest BCUT2D eigenvalue weighted by molar-refractivity contribution is 0.0178. The number of nitrogens with one attached hydrogen (secondary N) is 1. The van der Waals surface area contributed by atoms with E-state index in [1.807, 2.05) is 27.7 Å². The van der Waals surface area contributed by atoms with Crippen molar-refractivity contribution in [3.8, 4) is 11.5 Å². The fourth-order valence-corrected chi connectivity index (χ4v) is 4.36. The molecule has 0 spiro atoms. The number of hydrogen-bond acceptors (Lipinski definition) is 4. The molecular formula is C24H30FN5O3. The number of rotatable bonds is 2. The highest BCUT2D eigenvalue weighted by atomic mass is 19.1. The molecule has 1 aliphatic heterocycles. The maximum atomic E-state index is 14.3. The second-order valence-electron chi connectivity index (χ2n) is 9.58. The van der Waals surface area contributed by atoms with Crippen LogP contribution in [0.25, 0.3) is 11.5 Å². The lowest BCUT2D eigenvalue weighted by Crippen LogP contribution is -2.38. The maximum Gasteiger partial charge on any atom is 0.410 e. The number of hydrogen-bond donors (Lipinski definition) is 1. The second kappa shape index (κ2) is 8.20. The van der Waals surface area contributed by atoms with E-state index in [-0.39, 0.29) is 17.5 Å². The number of halogens is 1. The number of carbonyl (C=O) groups is 1. The summed E-state index contributed by atoms with van der Waals surface area (Å²) in [7, 11) is 0. The first kappa shape index (κ1) is 22.8. The van der Waals surface area contributed by atoms with Crippen LogP contribution < -0.4 is 5.69 Å². The zero-order valence-electron chi connectivity index (χ0n) is 19.9. The van der Waals surface area contributed by atoms with E-state index < -0.39 is 11.7 Å². The molecular weight excluding hydrogens is 425 g/mol. The van der Waals surface area contributed by atoms with Gasteiger partial charge in [-0.3, -0.25) is 4.57 Å². The van der Waals surface area contributed by atoms with E-state index in [0.29, 0.717) is 42.0 Å². The zero-order valence-corrected chi connectivity index (χ0v) is 19.9. The van der Waals surface area contributed by atoms with Crippen molar-refractivity contribution < 1.29 is 13.9 Å². The summed E-state index contributed by atoms with van der Waals surface area (Å²) in [6.07, 6.45) is 4.12. The van der Waals surface area contributed by atoms with Crippen molar-refractivity contribution in [3.05, 3.63) is 63.2 Å². The van der Waals surface area contributed by atoms with Crippen LogP contribution in [0.1, 0.15) is 62.5 Å². The Labute approximate surface area is 192 Å². The van der Waals surface area contributed by atoms with Gasteiger partial charge in [-0.15, -0.1) is 0 Å². The molecule has 0 aliphatic carbocycles. The monoisotopic (exact) mass is 455 g/mol. The summed E-state index contributed by atoms with van der Waals surface area (Å²) < 4.78 is 23.1. The van der Waals surface area contributed by atoms with Crippen molar-refractivity contribution in [1.29, 1.82) is 0 Å². The summed E-state index contributed by atoms with van der Waals surface area (Å²) in [5.74, 6) is 0.266. The molecule has 2 aromatic heterocycles. The predicted molar refractivity (Wildman–Crippen MR) is 123 cm³/mol. The lowest BCUT2D eigenvalue weighted by Gasteiger charge is -2.31. The largest absolute Gasteiger partial charge is 0.444 e. The zero-order chi connectivity index (χ0) is 24.1. The number of H-pyrrole nitrogens is 1. The number of amides is 1. The van der Waals surface area contributed by atoms with Crippen LogP contribution >= 0.6 is 0 Å². The van der Waals surface area contributed by atoms with Crippen LogP contribution in [-0.4, -0.2) is 42.5 Å². The Hall–Kier alpha value is -3.36. The summed E-state index contributed by atoms with van der Waals surface area (Å²) >= 11 is 0. The van der Waals surface area contributed by atoms with Gasteiger partial charge >= 0.3 is 11.8 Å². The molecule has 1 aliphatic rings. The van der Waals surface area contributed by atoms with Gasteiger partial charge in [0.1, 0.15) is 17.2 Å². The van der Waals surface area contributed by atoms with Crippen LogP contribution in [0.3, 0.4) is 0 Å². The average Bonchev–Trinajstić information content (AvgIpc) is 3.25. The topological polar surface area (TPSA) is 85.2 Å². The fraction of sp³-hybridized carbons (Fsp3) is 0.458. The van der Waals surface area contributed by atoms with Gasteiger partial charge < -0.3 is 14.6 Å². The van der Waals surface area contributed by atoms with E-state index >= 15 is 0 Å². The summed E-state index contributed by atoms with van der Waals surface area (Å²) in [4.78, 5) is 30.0. The third-order valence-electron chi connectivity index (χ3n) is 5.84. The molecule has 3 heterocycles. The minimum absolute atomic E-state index is 0.266. The number of aromatic amines is 1. The molecule has 1 N–H and O–H groups in total. The Morgan fingerprint density at radius 3 is 2.48 bits per heavy atom. The van der Waals surface area contributed by atoms with Crippen LogP contribution in [0.15, 0.2) is 29.3 Å². The summed E-state index contributed by atoms with van der Waals surface area (Å²) in [6, 6.07) is 3.05. The Morgan fingerprint density at radius 2 is 1.91 bits per heavy atom. The normalized spacial score (nSPS) is 16.5. The maximum absolute atomic E-state index is 14.3. The van der Waals surface area contributed by atoms with Gasteiger partial charge in [-0.2, -0.15) is 5.10 Å². The number of fused-ring (bicyclic) bond motifs is 1. The van der Waals surface area contributed by atoms with Crippen molar-refractivity contribution in [2.45, 2.75) is 66.0 Å². The molecule has 0 bridgehead atoms. The lowest BCUT2D eigenvalue weighted by atomic mass is 10.1. The minimum atomic E-state index is -0.625. The van der Waals surface area contributed by atoms with Gasteiger partial charge in [0.2, 0.25) is 0 Å². The molecule has 4 rings (SSSR count). The fourth-order valence-electron chi connectivity index (χ4n) is 4.36. The van der Waals surface area contributed by atoms with Crippen LogP contribution in [0, 0.1) is 19.7 Å². The third-order valence-corrected chi connectivity index (χ3v) is 5.84. The molecule has 0 unspecified atom stereocenters. The van der Waals surface area contributed by atoms with Gasteiger partial charge in [0.25, 0.3) is 0 Å². The first-order valence-electron chi connectivity index (χ1n) is 11.1. The summed E-state index contributed by atoms with van der Waals surface area (Å²) in [6.45, 7) is 11.3. The molecule has 176 valence electrons. The number of aromatic nitrogens is 4. The predicted octanol–water partition coefficient (Wildman–Crippen LogP) is 4.35. The molecule has 0 saturated carbocycles. The molecule has 9 heteroatoms.